The van der Waals surface area contributed by atoms with Crippen LogP contribution in [0.5, 0.6) is 0 Å². The number of hydrogen-bond donors (Lipinski definition) is 1. The molecule has 0 bridgehead atoms. The summed E-state index contributed by atoms with van der Waals surface area (Å²) in [5.41, 5.74) is 1.50. The summed E-state index contributed by atoms with van der Waals surface area (Å²) in [4.78, 5) is 3.92. The fourth-order valence-electron chi connectivity index (χ4n) is 3.23. The van der Waals surface area contributed by atoms with Crippen molar-refractivity contribution in [2.45, 2.75) is 41.7 Å². The zero-order valence-electron chi connectivity index (χ0n) is 18.0. The van der Waals surface area contributed by atoms with Gasteiger partial charge in [-0.25, -0.2) is 25.9 Å². The van der Waals surface area contributed by atoms with Gasteiger partial charge in [-0.1, -0.05) is 32.0 Å². The van der Waals surface area contributed by atoms with Crippen molar-refractivity contribution in [3.63, 3.8) is 0 Å². The summed E-state index contributed by atoms with van der Waals surface area (Å²) in [5.74, 6) is -0.272. The van der Waals surface area contributed by atoms with Crippen molar-refractivity contribution in [1.29, 1.82) is 0 Å². The zero-order valence-corrected chi connectivity index (χ0v) is 19.6. The maximum atomic E-state index is 13.7. The number of hydrogen-bond acceptors (Lipinski definition) is 5. The highest BCUT2D eigenvalue weighted by Gasteiger charge is 2.31. The molecule has 0 aliphatic carbocycles. The van der Waals surface area contributed by atoms with Crippen LogP contribution in [0.2, 0.25) is 0 Å². The number of halogens is 1. The minimum absolute atomic E-state index is 0.0434. The molecule has 9 heteroatoms. The highest BCUT2D eigenvalue weighted by Crippen LogP contribution is 2.29. The van der Waals surface area contributed by atoms with E-state index in [2.05, 4.69) is 9.71 Å². The molecular formula is C23H25FN2O4S2. The lowest BCUT2D eigenvalue weighted by molar-refractivity contribution is 0.568. The number of aryl methyl sites for hydroxylation is 1. The van der Waals surface area contributed by atoms with Crippen molar-refractivity contribution < 1.29 is 21.2 Å². The average Bonchev–Trinajstić information content (AvgIpc) is 2.76. The highest BCUT2D eigenvalue weighted by molar-refractivity contribution is 7.92. The monoisotopic (exact) mass is 476 g/mol. The van der Waals surface area contributed by atoms with Gasteiger partial charge in [0.2, 0.25) is 10.0 Å². The van der Waals surface area contributed by atoms with E-state index in [0.717, 1.165) is 11.6 Å². The van der Waals surface area contributed by atoms with Gasteiger partial charge in [0, 0.05) is 18.9 Å². The Morgan fingerprint density at radius 1 is 0.938 bits per heavy atom. The Kier molecular flexibility index (Phi) is 7.12. The average molecular weight is 477 g/mol. The Balaban J connectivity index is 1.94. The summed E-state index contributed by atoms with van der Waals surface area (Å²) >= 11 is 0. The second-order valence-corrected chi connectivity index (χ2v) is 11.7. The number of pyridine rings is 1. The smallest absolute Gasteiger partial charge is 0.240 e. The van der Waals surface area contributed by atoms with Crippen LogP contribution in [0.4, 0.5) is 4.39 Å². The minimum atomic E-state index is -4.05. The van der Waals surface area contributed by atoms with E-state index in [0.29, 0.717) is 5.56 Å². The fraction of sp³-hybridized carbons (Fsp3) is 0.261. The Labute approximate surface area is 188 Å². The van der Waals surface area contributed by atoms with Crippen LogP contribution in [-0.2, 0) is 19.9 Å². The molecule has 1 N–H and O–H groups in total. The molecule has 3 rings (SSSR count). The van der Waals surface area contributed by atoms with E-state index >= 15 is 0 Å². The molecule has 1 atom stereocenters. The number of nitrogens with one attached hydrogen (secondary N) is 1. The summed E-state index contributed by atoms with van der Waals surface area (Å²) in [6.45, 7) is 5.07. The van der Waals surface area contributed by atoms with Crippen LogP contribution in [0.15, 0.2) is 76.8 Å². The molecule has 0 saturated carbocycles. The van der Waals surface area contributed by atoms with Gasteiger partial charge in [0.1, 0.15) is 11.1 Å². The number of sulfone groups is 1. The van der Waals surface area contributed by atoms with Crippen LogP contribution >= 0.6 is 0 Å². The lowest BCUT2D eigenvalue weighted by Crippen LogP contribution is -2.32. The SMILES string of the molecule is Cc1cc(S(=O)(=O)[C@@H](CNS(=O)(=O)c2ccc(C(C)C)cc2)c2cccnc2)ccc1F. The third-order valence-corrected chi connectivity index (χ3v) is 8.74. The van der Waals surface area contributed by atoms with Crippen molar-refractivity contribution in [2.75, 3.05) is 6.54 Å². The first kappa shape index (κ1) is 24.0. The van der Waals surface area contributed by atoms with E-state index in [1.807, 2.05) is 13.8 Å². The van der Waals surface area contributed by atoms with Crippen molar-refractivity contribution >= 4 is 19.9 Å². The van der Waals surface area contributed by atoms with Crippen LogP contribution in [0.3, 0.4) is 0 Å². The topological polar surface area (TPSA) is 93.2 Å². The minimum Gasteiger partial charge on any atom is -0.264 e. The molecule has 0 amide bonds. The summed E-state index contributed by atoms with van der Waals surface area (Å²) in [6.07, 6.45) is 2.87. The molecule has 0 spiro atoms. The Morgan fingerprint density at radius 3 is 2.16 bits per heavy atom. The maximum absolute atomic E-state index is 13.7. The molecule has 2 aromatic carbocycles. The van der Waals surface area contributed by atoms with E-state index in [-0.39, 0.29) is 21.3 Å². The summed E-state index contributed by atoms with van der Waals surface area (Å²) < 4.78 is 68.5. The molecule has 0 saturated heterocycles. The van der Waals surface area contributed by atoms with Gasteiger partial charge in [-0.2, -0.15) is 0 Å². The fourth-order valence-corrected chi connectivity index (χ4v) is 6.11. The summed E-state index contributed by atoms with van der Waals surface area (Å²) in [7, 11) is -8.01. The van der Waals surface area contributed by atoms with Crippen molar-refractivity contribution in [1.82, 2.24) is 9.71 Å². The van der Waals surface area contributed by atoms with Crippen LogP contribution < -0.4 is 4.72 Å². The number of benzene rings is 2. The standard InChI is InChI=1S/C23H25FN2O4S2/c1-16(2)18-6-8-20(9-7-18)32(29,30)26-15-23(19-5-4-12-25-14-19)31(27,28)21-10-11-22(24)17(3)13-21/h4-14,16,23,26H,15H2,1-3H3/t23-/m0/s1. The summed E-state index contributed by atoms with van der Waals surface area (Å²) in [5, 5.41) is -1.24. The predicted octanol–water partition coefficient (Wildman–Crippen LogP) is 4.15. The van der Waals surface area contributed by atoms with Crippen LogP contribution in [-0.4, -0.2) is 28.4 Å². The van der Waals surface area contributed by atoms with Crippen LogP contribution in [0.1, 0.15) is 41.7 Å². The van der Waals surface area contributed by atoms with Gasteiger partial charge in [-0.15, -0.1) is 0 Å². The Morgan fingerprint density at radius 2 is 1.59 bits per heavy atom. The number of rotatable bonds is 8. The molecule has 1 aromatic heterocycles. The quantitative estimate of drug-likeness (QED) is 0.493. The van der Waals surface area contributed by atoms with Crippen molar-refractivity contribution in [3.8, 4) is 0 Å². The first-order chi connectivity index (χ1) is 15.0. The first-order valence-electron chi connectivity index (χ1n) is 10.0. The second kappa shape index (κ2) is 9.48. The number of sulfonamides is 1. The van der Waals surface area contributed by atoms with Gasteiger partial charge in [-0.3, -0.25) is 4.98 Å². The second-order valence-electron chi connectivity index (χ2n) is 7.81. The molecule has 6 nitrogen and oxygen atoms in total. The third-order valence-electron chi connectivity index (χ3n) is 5.20. The van der Waals surface area contributed by atoms with Gasteiger partial charge in [0.15, 0.2) is 9.84 Å². The molecule has 32 heavy (non-hydrogen) atoms. The number of nitrogens with zero attached hydrogens (tertiary/aromatic N) is 1. The number of aromatic nitrogens is 1. The molecule has 0 aliphatic heterocycles. The van der Waals surface area contributed by atoms with E-state index in [4.69, 9.17) is 0 Å². The maximum Gasteiger partial charge on any atom is 0.240 e. The molecule has 170 valence electrons. The van der Waals surface area contributed by atoms with Gasteiger partial charge in [0.25, 0.3) is 0 Å². The molecule has 1 heterocycles. The predicted molar refractivity (Wildman–Crippen MR) is 121 cm³/mol. The molecule has 0 fully saturated rings. The van der Waals surface area contributed by atoms with Gasteiger partial charge in [0.05, 0.1) is 9.79 Å². The lowest BCUT2D eigenvalue weighted by Gasteiger charge is -2.19. The Hall–Kier alpha value is -2.62. The zero-order chi connectivity index (χ0) is 23.5. The van der Waals surface area contributed by atoms with Gasteiger partial charge < -0.3 is 0 Å². The first-order valence-corrected chi connectivity index (χ1v) is 13.0. The largest absolute Gasteiger partial charge is 0.264 e. The normalized spacial score (nSPS) is 13.3. The van der Waals surface area contributed by atoms with E-state index < -0.39 is 37.5 Å². The van der Waals surface area contributed by atoms with Gasteiger partial charge in [-0.05, 0) is 65.9 Å². The molecule has 0 radical (unpaired) electrons. The van der Waals surface area contributed by atoms with Gasteiger partial charge >= 0.3 is 0 Å². The third kappa shape index (κ3) is 5.23. The summed E-state index contributed by atoms with van der Waals surface area (Å²) in [6, 6.07) is 13.1. The highest BCUT2D eigenvalue weighted by atomic mass is 32.2. The molecule has 3 aromatic rings. The van der Waals surface area contributed by atoms with Crippen molar-refractivity contribution in [2.24, 2.45) is 0 Å². The lowest BCUT2D eigenvalue weighted by atomic mass is 10.0. The van der Waals surface area contributed by atoms with E-state index in [1.54, 1.807) is 24.3 Å². The molecule has 0 unspecified atom stereocenters. The Bertz CT molecular complexity index is 1290. The van der Waals surface area contributed by atoms with Crippen LogP contribution in [0, 0.1) is 12.7 Å². The van der Waals surface area contributed by atoms with E-state index in [1.165, 1.54) is 43.6 Å². The van der Waals surface area contributed by atoms with Crippen LogP contribution in [0.25, 0.3) is 0 Å². The van der Waals surface area contributed by atoms with Crippen molar-refractivity contribution in [3.05, 3.63) is 89.5 Å². The molecule has 0 aliphatic rings. The molecular weight excluding hydrogens is 451 g/mol. The van der Waals surface area contributed by atoms with E-state index in [9.17, 15) is 21.2 Å².